The summed E-state index contributed by atoms with van der Waals surface area (Å²) in [7, 11) is 0. The van der Waals surface area contributed by atoms with Crippen LogP contribution in [-0.2, 0) is 23.7 Å². The molecule has 14 unspecified atom stereocenters. The number of hydrogen-bond donors (Lipinski definition) is 6. The van der Waals surface area contributed by atoms with Gasteiger partial charge in [0, 0.05) is 23.7 Å². The average Bonchev–Trinajstić information content (AvgIpc) is 2.78. The topological polar surface area (TPSA) is 175 Å². The number of ketones is 1. The molecule has 3 fully saturated rings. The van der Waals surface area contributed by atoms with E-state index in [9.17, 15) is 35.4 Å². The minimum atomic E-state index is -1.51. The highest BCUT2D eigenvalue weighted by Gasteiger charge is 2.54. The lowest BCUT2D eigenvalue weighted by Crippen LogP contribution is -2.65. The van der Waals surface area contributed by atoms with Crippen molar-refractivity contribution in [3.05, 3.63) is 0 Å². The Balaban J connectivity index is 1.84. The first-order valence-electron chi connectivity index (χ1n) is 11.5. The van der Waals surface area contributed by atoms with Crippen molar-refractivity contribution in [1.29, 1.82) is 0 Å². The van der Waals surface area contributed by atoms with Gasteiger partial charge in [-0.25, -0.2) is 0 Å². The molecule has 0 aromatic heterocycles. The van der Waals surface area contributed by atoms with Gasteiger partial charge in [0.05, 0.1) is 31.0 Å². The van der Waals surface area contributed by atoms with Gasteiger partial charge in [0.2, 0.25) is 0 Å². The Labute approximate surface area is 193 Å². The Hall–Kier alpha value is -0.730. The maximum absolute atomic E-state index is 12.7. The van der Waals surface area contributed by atoms with E-state index in [1.165, 1.54) is 6.92 Å². The number of ether oxygens (including phenoxy) is 4. The van der Waals surface area contributed by atoms with Crippen LogP contribution in [0, 0.1) is 23.7 Å². The van der Waals surface area contributed by atoms with Crippen molar-refractivity contribution in [2.45, 2.75) is 95.5 Å². The molecule has 33 heavy (non-hydrogen) atoms. The number of carbonyl (C=O) groups is 1. The molecular formula is C22H38O11. The first-order chi connectivity index (χ1) is 15.3. The second-order valence-corrected chi connectivity index (χ2v) is 10.1. The van der Waals surface area contributed by atoms with Crippen LogP contribution >= 0.6 is 0 Å². The largest absolute Gasteiger partial charge is 0.394 e. The van der Waals surface area contributed by atoms with Gasteiger partial charge < -0.3 is 49.6 Å². The zero-order chi connectivity index (χ0) is 24.8. The van der Waals surface area contributed by atoms with Crippen molar-refractivity contribution in [1.82, 2.24) is 0 Å². The van der Waals surface area contributed by atoms with Crippen LogP contribution < -0.4 is 0 Å². The van der Waals surface area contributed by atoms with Crippen LogP contribution in [0.15, 0.2) is 0 Å². The molecule has 14 atom stereocenters. The van der Waals surface area contributed by atoms with E-state index in [0.717, 1.165) is 0 Å². The van der Waals surface area contributed by atoms with E-state index in [2.05, 4.69) is 0 Å². The quantitative estimate of drug-likeness (QED) is 0.262. The molecule has 11 nitrogen and oxygen atoms in total. The van der Waals surface area contributed by atoms with Crippen LogP contribution in [0.1, 0.15) is 34.6 Å². The average molecular weight is 479 g/mol. The Morgan fingerprint density at radius 3 is 2.18 bits per heavy atom. The standard InChI is InChI=1S/C22H38O11/c1-8-7-30-21(32-18-10(3)13(24)9(2)14(25)17(18)28)19(22(8,5)29)33-20-11(4)15(26)16(27)12(6-23)31-20/h8-16,18-21,23-27,29H,6-7H2,1-5H3. The van der Waals surface area contributed by atoms with Gasteiger partial charge in [0.25, 0.3) is 0 Å². The lowest BCUT2D eigenvalue weighted by Gasteiger charge is -2.50. The molecule has 1 saturated carbocycles. The Morgan fingerprint density at radius 2 is 1.58 bits per heavy atom. The number of aliphatic hydroxyl groups is 6. The molecule has 2 aliphatic heterocycles. The molecule has 0 amide bonds. The molecular weight excluding hydrogens is 440 g/mol. The van der Waals surface area contributed by atoms with Gasteiger partial charge in [-0.3, -0.25) is 4.79 Å². The van der Waals surface area contributed by atoms with Crippen LogP contribution in [-0.4, -0.2) is 111 Å². The maximum Gasteiger partial charge on any atom is 0.190 e. The van der Waals surface area contributed by atoms with Gasteiger partial charge >= 0.3 is 0 Å². The van der Waals surface area contributed by atoms with Crippen molar-refractivity contribution < 1.29 is 54.4 Å². The fraction of sp³-hybridized carbons (Fsp3) is 0.955. The zero-order valence-electron chi connectivity index (χ0n) is 19.6. The molecule has 2 saturated heterocycles. The van der Waals surface area contributed by atoms with E-state index in [1.54, 1.807) is 27.7 Å². The van der Waals surface area contributed by atoms with Crippen LogP contribution in [0.5, 0.6) is 0 Å². The molecule has 3 aliphatic rings. The number of hydrogen-bond acceptors (Lipinski definition) is 11. The summed E-state index contributed by atoms with van der Waals surface area (Å²) in [4.78, 5) is 12.7. The smallest absolute Gasteiger partial charge is 0.190 e. The second-order valence-electron chi connectivity index (χ2n) is 10.1. The summed E-state index contributed by atoms with van der Waals surface area (Å²) in [6.45, 7) is 7.61. The highest BCUT2D eigenvalue weighted by atomic mass is 16.7. The summed E-state index contributed by atoms with van der Waals surface area (Å²) >= 11 is 0. The first-order valence-corrected chi connectivity index (χ1v) is 11.5. The SMILES string of the molecule is CC1C(O)C(=O)C(OC2OCC(C)C(C)(O)C2OC2OC(CO)C(O)C(O)C2C)C(C)C1O. The van der Waals surface area contributed by atoms with Crippen molar-refractivity contribution in [3.63, 3.8) is 0 Å². The third-order valence-corrected chi connectivity index (χ3v) is 7.71. The molecule has 6 N–H and O–H groups in total. The molecule has 2 heterocycles. The first kappa shape index (κ1) is 26.9. The summed E-state index contributed by atoms with van der Waals surface area (Å²) in [6.07, 6.45) is -10.8. The molecule has 192 valence electrons. The van der Waals surface area contributed by atoms with Crippen molar-refractivity contribution >= 4 is 5.78 Å². The molecule has 0 aromatic carbocycles. The monoisotopic (exact) mass is 478 g/mol. The van der Waals surface area contributed by atoms with E-state index in [4.69, 9.17) is 18.9 Å². The van der Waals surface area contributed by atoms with Crippen LogP contribution in [0.25, 0.3) is 0 Å². The van der Waals surface area contributed by atoms with Crippen LogP contribution in [0.2, 0.25) is 0 Å². The van der Waals surface area contributed by atoms with Crippen molar-refractivity contribution in [2.24, 2.45) is 23.7 Å². The lowest BCUT2D eigenvalue weighted by atomic mass is 9.75. The van der Waals surface area contributed by atoms with Crippen LogP contribution in [0.4, 0.5) is 0 Å². The Bertz CT molecular complexity index is 685. The van der Waals surface area contributed by atoms with E-state index < -0.39 is 97.0 Å². The highest BCUT2D eigenvalue weighted by molar-refractivity contribution is 5.88. The minimum Gasteiger partial charge on any atom is -0.394 e. The third-order valence-electron chi connectivity index (χ3n) is 7.71. The van der Waals surface area contributed by atoms with Crippen molar-refractivity contribution in [3.8, 4) is 0 Å². The fourth-order valence-corrected chi connectivity index (χ4v) is 4.75. The molecule has 1 aliphatic carbocycles. The summed E-state index contributed by atoms with van der Waals surface area (Å²) < 4.78 is 23.4. The second kappa shape index (κ2) is 10.1. The molecule has 11 heteroatoms. The van der Waals surface area contributed by atoms with E-state index in [0.29, 0.717) is 0 Å². The predicted molar refractivity (Wildman–Crippen MR) is 112 cm³/mol. The number of aliphatic hydroxyl groups excluding tert-OH is 5. The minimum absolute atomic E-state index is 0.0933. The Kier molecular flexibility index (Phi) is 8.22. The van der Waals surface area contributed by atoms with Gasteiger partial charge in [-0.2, -0.15) is 0 Å². The van der Waals surface area contributed by atoms with Gasteiger partial charge in [0.15, 0.2) is 18.4 Å². The predicted octanol–water partition coefficient (Wildman–Crippen LogP) is -1.85. The fourth-order valence-electron chi connectivity index (χ4n) is 4.75. The lowest BCUT2D eigenvalue weighted by molar-refractivity contribution is -0.365. The molecule has 3 rings (SSSR count). The summed E-state index contributed by atoms with van der Waals surface area (Å²) in [5.41, 5.74) is -1.51. The van der Waals surface area contributed by atoms with E-state index in [-0.39, 0.29) is 6.61 Å². The Morgan fingerprint density at radius 1 is 0.939 bits per heavy atom. The molecule has 0 radical (unpaired) electrons. The third kappa shape index (κ3) is 4.86. The summed E-state index contributed by atoms with van der Waals surface area (Å²) in [5.74, 6) is -3.03. The van der Waals surface area contributed by atoms with Gasteiger partial charge in [0.1, 0.15) is 30.5 Å². The molecule has 0 bridgehead atoms. The van der Waals surface area contributed by atoms with Crippen LogP contribution in [0.3, 0.4) is 0 Å². The number of rotatable bonds is 5. The van der Waals surface area contributed by atoms with Crippen molar-refractivity contribution in [2.75, 3.05) is 13.2 Å². The molecule has 0 aromatic rings. The molecule has 0 spiro atoms. The summed E-state index contributed by atoms with van der Waals surface area (Å²) in [5, 5.41) is 61.9. The zero-order valence-corrected chi connectivity index (χ0v) is 19.6. The number of carbonyl (C=O) groups excluding carboxylic acids is 1. The normalized spacial score (nSPS) is 53.8. The van der Waals surface area contributed by atoms with Gasteiger partial charge in [-0.15, -0.1) is 0 Å². The van der Waals surface area contributed by atoms with Gasteiger partial charge in [-0.1, -0.05) is 27.7 Å². The highest BCUT2D eigenvalue weighted by Crippen LogP contribution is 2.39. The van der Waals surface area contributed by atoms with E-state index in [1.807, 2.05) is 0 Å². The van der Waals surface area contributed by atoms with Gasteiger partial charge in [-0.05, 0) is 6.92 Å². The van der Waals surface area contributed by atoms with E-state index >= 15 is 0 Å². The maximum atomic E-state index is 12.7. The summed E-state index contributed by atoms with van der Waals surface area (Å²) in [6, 6.07) is 0. The number of Topliss-reactive ketones (excluding diaryl/α,β-unsaturated/α-hetero) is 1.